The predicted octanol–water partition coefficient (Wildman–Crippen LogP) is 1.69. The Hall–Kier alpha value is -0.890. The Balaban J connectivity index is 3.15. The van der Waals surface area contributed by atoms with Crippen LogP contribution in [0.1, 0.15) is 40.0 Å². The van der Waals surface area contributed by atoms with Gasteiger partial charge in [-0.1, -0.05) is 0 Å². The third-order valence-corrected chi connectivity index (χ3v) is 2.62. The number of hydrogen-bond acceptors (Lipinski definition) is 6. The van der Waals surface area contributed by atoms with Gasteiger partial charge in [-0.05, 0) is 46.6 Å². The zero-order chi connectivity index (χ0) is 17.4. The first kappa shape index (κ1) is 22.1. The summed E-state index contributed by atoms with van der Waals surface area (Å²) in [6.07, 6.45) is 2.34. The highest BCUT2D eigenvalue weighted by Gasteiger charge is 2.15. The van der Waals surface area contributed by atoms with E-state index in [0.29, 0.717) is 46.1 Å². The molecule has 0 saturated heterocycles. The quantitative estimate of drug-likeness (QED) is 0.470. The molecule has 0 aliphatic heterocycles. The summed E-state index contributed by atoms with van der Waals surface area (Å²) in [5, 5.41) is 2.68. The first-order valence-corrected chi connectivity index (χ1v) is 8.36. The van der Waals surface area contributed by atoms with E-state index < -0.39 is 11.7 Å². The second kappa shape index (κ2) is 14.7. The summed E-state index contributed by atoms with van der Waals surface area (Å²) in [7, 11) is 0. The molecule has 0 bridgehead atoms. The fraction of sp³-hybridized carbons (Fsp3) is 0.938. The first-order chi connectivity index (χ1) is 11.0. The molecule has 7 heteroatoms. The summed E-state index contributed by atoms with van der Waals surface area (Å²) in [5.41, 5.74) is 4.92. The van der Waals surface area contributed by atoms with Gasteiger partial charge in [-0.3, -0.25) is 0 Å². The maximum absolute atomic E-state index is 11.4. The number of hydrogen-bond donors (Lipinski definition) is 2. The molecule has 0 atom stereocenters. The molecule has 23 heavy (non-hydrogen) atoms. The zero-order valence-electron chi connectivity index (χ0n) is 14.9. The van der Waals surface area contributed by atoms with Crippen LogP contribution in [0.3, 0.4) is 0 Å². The smallest absolute Gasteiger partial charge is 0.407 e. The number of unbranched alkanes of at least 4 members (excludes halogenated alkanes) is 1. The molecule has 1 amide bonds. The summed E-state index contributed by atoms with van der Waals surface area (Å²) in [4.78, 5) is 11.4. The molecule has 0 unspecified atom stereocenters. The van der Waals surface area contributed by atoms with Gasteiger partial charge in [0.05, 0.1) is 26.4 Å². The van der Waals surface area contributed by atoms with E-state index >= 15 is 0 Å². The van der Waals surface area contributed by atoms with Crippen molar-refractivity contribution in [2.75, 3.05) is 52.7 Å². The number of rotatable bonds is 14. The average molecular weight is 334 g/mol. The van der Waals surface area contributed by atoms with E-state index in [1.807, 2.05) is 20.8 Å². The van der Waals surface area contributed by atoms with E-state index in [0.717, 1.165) is 25.9 Å². The van der Waals surface area contributed by atoms with Crippen LogP contribution in [0, 0.1) is 0 Å². The van der Waals surface area contributed by atoms with Crippen LogP contribution < -0.4 is 11.1 Å². The minimum atomic E-state index is -0.466. The van der Waals surface area contributed by atoms with Gasteiger partial charge in [0.2, 0.25) is 0 Å². The molecule has 0 aliphatic carbocycles. The molecule has 138 valence electrons. The lowest BCUT2D eigenvalue weighted by atomic mass is 10.2. The zero-order valence-corrected chi connectivity index (χ0v) is 14.9. The number of ether oxygens (including phenoxy) is 4. The molecule has 0 heterocycles. The summed E-state index contributed by atoms with van der Waals surface area (Å²) in [6, 6.07) is 0. The molecule has 0 aromatic heterocycles. The van der Waals surface area contributed by atoms with Gasteiger partial charge >= 0.3 is 6.09 Å². The van der Waals surface area contributed by atoms with Crippen molar-refractivity contribution in [1.82, 2.24) is 5.32 Å². The van der Waals surface area contributed by atoms with Gasteiger partial charge in [0, 0.05) is 19.8 Å². The average Bonchev–Trinajstić information content (AvgIpc) is 2.46. The Labute approximate surface area is 140 Å². The van der Waals surface area contributed by atoms with Crippen molar-refractivity contribution < 1.29 is 23.7 Å². The minimum Gasteiger partial charge on any atom is -0.444 e. The van der Waals surface area contributed by atoms with Gasteiger partial charge < -0.3 is 30.0 Å². The molecule has 0 radical (unpaired) electrons. The number of nitrogens with one attached hydrogen (secondary N) is 1. The van der Waals surface area contributed by atoms with Gasteiger partial charge in [0.1, 0.15) is 5.60 Å². The van der Waals surface area contributed by atoms with Crippen LogP contribution in [-0.2, 0) is 18.9 Å². The van der Waals surface area contributed by atoms with Crippen molar-refractivity contribution in [3.63, 3.8) is 0 Å². The normalized spacial score (nSPS) is 11.5. The van der Waals surface area contributed by atoms with Crippen molar-refractivity contribution in [2.45, 2.75) is 45.6 Å². The lowest BCUT2D eigenvalue weighted by Crippen LogP contribution is -2.33. The number of carbonyl (C=O) groups is 1. The molecule has 0 aromatic rings. The third kappa shape index (κ3) is 19.1. The van der Waals surface area contributed by atoms with Gasteiger partial charge in [0.15, 0.2) is 0 Å². The Morgan fingerprint density at radius 3 is 1.91 bits per heavy atom. The van der Waals surface area contributed by atoms with Crippen LogP contribution >= 0.6 is 0 Å². The van der Waals surface area contributed by atoms with Crippen LogP contribution in [0.4, 0.5) is 4.79 Å². The van der Waals surface area contributed by atoms with Crippen LogP contribution in [-0.4, -0.2) is 64.4 Å². The standard InChI is InChI=1S/C16H34N2O5/c1-16(2,3)23-15(19)18-8-6-10-21-12-14-22-13-11-20-9-5-4-7-17/h4-14,17H2,1-3H3,(H,18,19). The lowest BCUT2D eigenvalue weighted by molar-refractivity contribution is 0.0134. The molecule has 0 fully saturated rings. The van der Waals surface area contributed by atoms with Crippen LogP contribution in [0.25, 0.3) is 0 Å². The van der Waals surface area contributed by atoms with E-state index in [4.69, 9.17) is 24.7 Å². The summed E-state index contributed by atoms with van der Waals surface area (Å²) in [6.45, 7) is 10.3. The Morgan fingerprint density at radius 2 is 1.39 bits per heavy atom. The molecule has 0 saturated carbocycles. The highest BCUT2D eigenvalue weighted by atomic mass is 16.6. The molecule has 0 aromatic carbocycles. The number of alkyl carbamates (subject to hydrolysis) is 1. The van der Waals surface area contributed by atoms with Crippen molar-refractivity contribution >= 4 is 6.09 Å². The van der Waals surface area contributed by atoms with E-state index in [2.05, 4.69) is 5.32 Å². The molecule has 0 aliphatic rings. The van der Waals surface area contributed by atoms with E-state index in [9.17, 15) is 4.79 Å². The Morgan fingerprint density at radius 1 is 0.870 bits per heavy atom. The highest BCUT2D eigenvalue weighted by molar-refractivity contribution is 5.67. The number of nitrogens with two attached hydrogens (primary N) is 1. The van der Waals surface area contributed by atoms with Crippen molar-refractivity contribution in [3.05, 3.63) is 0 Å². The van der Waals surface area contributed by atoms with Crippen LogP contribution in [0.5, 0.6) is 0 Å². The van der Waals surface area contributed by atoms with Crippen LogP contribution in [0.2, 0.25) is 0 Å². The maximum atomic E-state index is 11.4. The van der Waals surface area contributed by atoms with Crippen molar-refractivity contribution in [1.29, 1.82) is 0 Å². The maximum Gasteiger partial charge on any atom is 0.407 e. The van der Waals surface area contributed by atoms with Gasteiger partial charge in [-0.25, -0.2) is 4.79 Å². The molecule has 3 N–H and O–H groups in total. The van der Waals surface area contributed by atoms with Gasteiger partial charge in [-0.15, -0.1) is 0 Å². The van der Waals surface area contributed by atoms with Crippen molar-refractivity contribution in [2.24, 2.45) is 5.73 Å². The minimum absolute atomic E-state index is 0.396. The Kier molecular flexibility index (Phi) is 14.1. The summed E-state index contributed by atoms with van der Waals surface area (Å²) < 4.78 is 21.3. The summed E-state index contributed by atoms with van der Waals surface area (Å²) in [5.74, 6) is 0. The fourth-order valence-electron chi connectivity index (χ4n) is 1.57. The van der Waals surface area contributed by atoms with Crippen LogP contribution in [0.15, 0.2) is 0 Å². The van der Waals surface area contributed by atoms with Gasteiger partial charge in [-0.2, -0.15) is 0 Å². The summed E-state index contributed by atoms with van der Waals surface area (Å²) >= 11 is 0. The van der Waals surface area contributed by atoms with E-state index in [1.54, 1.807) is 0 Å². The fourth-order valence-corrected chi connectivity index (χ4v) is 1.57. The number of carbonyl (C=O) groups excluding carboxylic acids is 1. The molecule has 7 nitrogen and oxygen atoms in total. The molecule has 0 rings (SSSR count). The molecule has 0 spiro atoms. The van der Waals surface area contributed by atoms with E-state index in [-0.39, 0.29) is 0 Å². The monoisotopic (exact) mass is 334 g/mol. The molecular weight excluding hydrogens is 300 g/mol. The lowest BCUT2D eigenvalue weighted by Gasteiger charge is -2.19. The largest absolute Gasteiger partial charge is 0.444 e. The number of amides is 1. The highest BCUT2D eigenvalue weighted by Crippen LogP contribution is 2.06. The predicted molar refractivity (Wildman–Crippen MR) is 89.6 cm³/mol. The Bertz CT molecular complexity index is 282. The SMILES string of the molecule is CC(C)(C)OC(=O)NCCCOCCOCCOCCCCN. The topological polar surface area (TPSA) is 92.0 Å². The van der Waals surface area contributed by atoms with Gasteiger partial charge in [0.25, 0.3) is 0 Å². The second-order valence-corrected chi connectivity index (χ2v) is 6.12. The molecular formula is C16H34N2O5. The first-order valence-electron chi connectivity index (χ1n) is 8.36. The third-order valence-electron chi connectivity index (χ3n) is 2.62. The van der Waals surface area contributed by atoms with E-state index in [1.165, 1.54) is 0 Å². The van der Waals surface area contributed by atoms with Crippen molar-refractivity contribution in [3.8, 4) is 0 Å². The second-order valence-electron chi connectivity index (χ2n) is 6.12.